The highest BCUT2D eigenvalue weighted by molar-refractivity contribution is 5.82. The molecule has 26 heavy (non-hydrogen) atoms. The fourth-order valence-corrected chi connectivity index (χ4v) is 2.03. The number of hydrogen-bond donors (Lipinski definition) is 0. The van der Waals surface area contributed by atoms with Gasteiger partial charge >= 0.3 is 11.9 Å². The molecule has 0 aromatic heterocycles. The smallest absolute Gasteiger partial charge is 0.334 e. The van der Waals surface area contributed by atoms with Crippen molar-refractivity contribution in [3.05, 3.63) is 97.5 Å². The van der Waals surface area contributed by atoms with Crippen LogP contribution in [0.1, 0.15) is 11.1 Å². The van der Waals surface area contributed by atoms with Gasteiger partial charge in [-0.1, -0.05) is 61.7 Å². The van der Waals surface area contributed by atoms with Crippen LogP contribution >= 0.6 is 0 Å². The Bertz CT molecular complexity index is 767. The van der Waals surface area contributed by atoms with Crippen molar-refractivity contribution in [2.75, 3.05) is 0 Å². The Morgan fingerprint density at radius 3 is 1.31 bits per heavy atom. The van der Waals surface area contributed by atoms with Crippen LogP contribution in [0.25, 0.3) is 23.3 Å². The first-order valence-electron chi connectivity index (χ1n) is 7.82. The first kappa shape index (κ1) is 18.7. The van der Waals surface area contributed by atoms with E-state index in [1.165, 1.54) is 12.5 Å². The van der Waals surface area contributed by atoms with E-state index in [1.807, 2.05) is 48.5 Å². The lowest BCUT2D eigenvalue weighted by Crippen LogP contribution is -1.91. The highest BCUT2D eigenvalue weighted by Gasteiger charge is 1.98. The zero-order chi connectivity index (χ0) is 18.8. The fraction of sp³-hybridized carbons (Fsp3) is 0. The monoisotopic (exact) mass is 346 g/mol. The molecule has 0 bridgehead atoms. The molecule has 0 saturated heterocycles. The van der Waals surface area contributed by atoms with E-state index >= 15 is 0 Å². The summed E-state index contributed by atoms with van der Waals surface area (Å²) < 4.78 is 9.59. The summed E-state index contributed by atoms with van der Waals surface area (Å²) in [5, 5.41) is 0. The van der Waals surface area contributed by atoms with Crippen LogP contribution in [0.3, 0.4) is 0 Å². The van der Waals surface area contributed by atoms with E-state index in [4.69, 9.17) is 9.47 Å². The van der Waals surface area contributed by atoms with Crippen LogP contribution in [-0.2, 0) is 19.1 Å². The van der Waals surface area contributed by atoms with Gasteiger partial charge in [-0.25, -0.2) is 9.59 Å². The molecule has 0 aliphatic heterocycles. The molecule has 0 unspecified atom stereocenters. The maximum absolute atomic E-state index is 11.0. The van der Waals surface area contributed by atoms with E-state index in [-0.39, 0.29) is 0 Å². The Hall–Kier alpha value is -3.66. The molecule has 2 aromatic carbocycles. The molecule has 0 aliphatic carbocycles. The lowest BCUT2D eigenvalue weighted by atomic mass is 10.0. The van der Waals surface area contributed by atoms with Gasteiger partial charge in [0.05, 0.1) is 12.5 Å². The normalized spacial score (nSPS) is 10.6. The average molecular weight is 346 g/mol. The van der Waals surface area contributed by atoms with Gasteiger partial charge in [0, 0.05) is 12.2 Å². The molecule has 130 valence electrons. The number of benzene rings is 2. The summed E-state index contributed by atoms with van der Waals surface area (Å²) in [6.07, 6.45) is 8.28. The van der Waals surface area contributed by atoms with Crippen molar-refractivity contribution in [1.29, 1.82) is 0 Å². The van der Waals surface area contributed by atoms with Crippen molar-refractivity contribution >= 4 is 24.1 Å². The number of carbonyl (C=O) groups excluding carboxylic acids is 2. The highest BCUT2D eigenvalue weighted by Crippen LogP contribution is 2.21. The first-order chi connectivity index (χ1) is 12.6. The van der Waals surface area contributed by atoms with Gasteiger partial charge in [0.1, 0.15) is 0 Å². The fourth-order valence-electron chi connectivity index (χ4n) is 2.03. The minimum atomic E-state index is -0.494. The second kappa shape index (κ2) is 9.59. The lowest BCUT2D eigenvalue weighted by molar-refractivity contribution is -0.133. The van der Waals surface area contributed by atoms with Gasteiger partial charge in [-0.3, -0.25) is 0 Å². The quantitative estimate of drug-likeness (QED) is 0.412. The summed E-state index contributed by atoms with van der Waals surface area (Å²) in [5.41, 5.74) is 3.93. The van der Waals surface area contributed by atoms with Crippen LogP contribution in [0.4, 0.5) is 0 Å². The Kier molecular flexibility index (Phi) is 6.89. The maximum atomic E-state index is 11.0. The third-order valence-electron chi connectivity index (χ3n) is 3.38. The van der Waals surface area contributed by atoms with Gasteiger partial charge < -0.3 is 9.47 Å². The van der Waals surface area contributed by atoms with Crippen LogP contribution in [0.2, 0.25) is 0 Å². The largest absolute Gasteiger partial charge is 0.431 e. The molecule has 0 N–H and O–H groups in total. The number of hydrogen-bond acceptors (Lipinski definition) is 4. The van der Waals surface area contributed by atoms with Crippen LogP contribution in [0.15, 0.2) is 86.4 Å². The first-order valence-corrected chi connectivity index (χ1v) is 7.82. The van der Waals surface area contributed by atoms with E-state index in [1.54, 1.807) is 12.2 Å². The molecule has 0 fully saturated rings. The van der Waals surface area contributed by atoms with Crippen LogP contribution in [0, 0.1) is 0 Å². The van der Waals surface area contributed by atoms with Gasteiger partial charge in [-0.05, 0) is 34.4 Å². The maximum Gasteiger partial charge on any atom is 0.334 e. The van der Waals surface area contributed by atoms with Gasteiger partial charge in [0.15, 0.2) is 0 Å². The Morgan fingerprint density at radius 1 is 0.654 bits per heavy atom. The predicted molar refractivity (Wildman–Crippen MR) is 103 cm³/mol. The van der Waals surface area contributed by atoms with E-state index in [0.29, 0.717) is 0 Å². The van der Waals surface area contributed by atoms with Crippen molar-refractivity contribution in [3.63, 3.8) is 0 Å². The van der Waals surface area contributed by atoms with Gasteiger partial charge in [-0.2, -0.15) is 0 Å². The molecule has 0 spiro atoms. The van der Waals surface area contributed by atoms with Gasteiger partial charge in [0.2, 0.25) is 0 Å². The molecule has 0 aliphatic rings. The molecule has 4 heteroatoms. The number of esters is 2. The summed E-state index contributed by atoms with van der Waals surface area (Å²) in [6.45, 7) is 6.65. The molecular weight excluding hydrogens is 328 g/mol. The van der Waals surface area contributed by atoms with Crippen LogP contribution < -0.4 is 0 Å². The topological polar surface area (TPSA) is 52.6 Å². The summed E-state index contributed by atoms with van der Waals surface area (Å²) in [5.74, 6) is -0.988. The molecule has 2 rings (SSSR count). The number of carbonyl (C=O) groups is 2. The third kappa shape index (κ3) is 5.76. The minimum Gasteiger partial charge on any atom is -0.431 e. The van der Waals surface area contributed by atoms with Crippen LogP contribution in [-0.4, -0.2) is 11.9 Å². The molecular formula is C22H18O4. The summed E-state index contributed by atoms with van der Waals surface area (Å²) in [7, 11) is 0. The second-order valence-electron chi connectivity index (χ2n) is 5.13. The number of rotatable bonds is 7. The van der Waals surface area contributed by atoms with Crippen LogP contribution in [0.5, 0.6) is 0 Å². The highest BCUT2D eigenvalue weighted by atomic mass is 16.5. The molecule has 2 aromatic rings. The Balaban J connectivity index is 2.00. The summed E-state index contributed by atoms with van der Waals surface area (Å²) in [6, 6.07) is 15.6. The Labute approximate surface area is 152 Å². The van der Waals surface area contributed by atoms with Crippen molar-refractivity contribution in [2.45, 2.75) is 0 Å². The molecule has 0 radical (unpaired) electrons. The third-order valence-corrected chi connectivity index (χ3v) is 3.38. The van der Waals surface area contributed by atoms with Crippen molar-refractivity contribution in [3.8, 4) is 11.1 Å². The van der Waals surface area contributed by atoms with Crippen molar-refractivity contribution in [2.24, 2.45) is 0 Å². The van der Waals surface area contributed by atoms with Crippen molar-refractivity contribution in [1.82, 2.24) is 0 Å². The number of ether oxygens (including phenoxy) is 2. The van der Waals surface area contributed by atoms with E-state index < -0.39 is 11.9 Å². The molecule has 0 amide bonds. The lowest BCUT2D eigenvalue weighted by Gasteiger charge is -2.03. The average Bonchev–Trinajstić information content (AvgIpc) is 2.68. The zero-order valence-electron chi connectivity index (χ0n) is 14.1. The summed E-state index contributed by atoms with van der Waals surface area (Å²) >= 11 is 0. The van der Waals surface area contributed by atoms with Gasteiger partial charge in [-0.15, -0.1) is 0 Å². The predicted octanol–water partition coefficient (Wildman–Crippen LogP) is 4.75. The molecule has 0 heterocycles. The van der Waals surface area contributed by atoms with Crippen molar-refractivity contribution < 1.29 is 19.1 Å². The zero-order valence-corrected chi connectivity index (χ0v) is 14.1. The molecule has 4 nitrogen and oxygen atoms in total. The molecule has 0 atom stereocenters. The van der Waals surface area contributed by atoms with E-state index in [0.717, 1.165) is 34.4 Å². The van der Waals surface area contributed by atoms with Gasteiger partial charge in [0.25, 0.3) is 0 Å². The van der Waals surface area contributed by atoms with E-state index in [9.17, 15) is 9.59 Å². The minimum absolute atomic E-state index is 0.494. The standard InChI is InChI=1S/C22H18O4/c1-3-21(23)25-15-13-17-5-9-19(10-6-17)20-11-7-18(8-12-20)14-16-26-22(24)4-2/h3-16H,1-2H2. The SMILES string of the molecule is C=CC(=O)OC=Cc1ccc(-c2ccc(C=COC(=O)C=C)cc2)cc1. The molecule has 0 saturated carbocycles. The summed E-state index contributed by atoms with van der Waals surface area (Å²) in [4.78, 5) is 21.9. The van der Waals surface area contributed by atoms with E-state index in [2.05, 4.69) is 13.2 Å². The Morgan fingerprint density at radius 2 is 1.00 bits per heavy atom. The second-order valence-corrected chi connectivity index (χ2v) is 5.13.